The second-order valence-corrected chi connectivity index (χ2v) is 7.05. The van der Waals surface area contributed by atoms with Crippen LogP contribution in [0.1, 0.15) is 40.0 Å². The highest BCUT2D eigenvalue weighted by Gasteiger charge is 2.34. The molecule has 2 aliphatic rings. The summed E-state index contributed by atoms with van der Waals surface area (Å²) in [4.78, 5) is 28.1. The van der Waals surface area contributed by atoms with Crippen LogP contribution in [0.25, 0.3) is 0 Å². The van der Waals surface area contributed by atoms with Gasteiger partial charge in [0.1, 0.15) is 0 Å². The third kappa shape index (κ3) is 5.85. The summed E-state index contributed by atoms with van der Waals surface area (Å²) in [5.41, 5.74) is 0.937. The smallest absolute Gasteiger partial charge is 0.261 e. The van der Waals surface area contributed by atoms with Crippen molar-refractivity contribution in [2.75, 3.05) is 65.8 Å². The number of likely N-dealkylation sites (tertiary alicyclic amines) is 1. The molecule has 0 N–H and O–H groups in total. The molecule has 0 spiro atoms. The van der Waals surface area contributed by atoms with E-state index in [1.165, 1.54) is 37.3 Å². The number of ether oxygens (including phenoxy) is 3. The molecular formula is C21H30N2O5. The Balaban J connectivity index is 1.16. The van der Waals surface area contributed by atoms with E-state index in [0.29, 0.717) is 44.2 Å². The van der Waals surface area contributed by atoms with Crippen molar-refractivity contribution in [1.82, 2.24) is 9.80 Å². The summed E-state index contributed by atoms with van der Waals surface area (Å²) in [5, 5.41) is 0. The van der Waals surface area contributed by atoms with E-state index in [-0.39, 0.29) is 18.4 Å². The molecule has 1 saturated heterocycles. The second-order valence-electron chi connectivity index (χ2n) is 7.05. The predicted molar refractivity (Wildman–Crippen MR) is 105 cm³/mol. The van der Waals surface area contributed by atoms with Gasteiger partial charge in [-0.25, -0.2) is 0 Å². The number of amides is 2. The molecule has 0 radical (unpaired) electrons. The molecule has 2 aliphatic heterocycles. The van der Waals surface area contributed by atoms with Crippen LogP contribution in [0.5, 0.6) is 0 Å². The first kappa shape index (κ1) is 20.9. The molecule has 1 aromatic carbocycles. The standard InChI is InChI=1S/C21H30N2O5/c24-20-18-6-2-3-7-19(18)21(25)23(20)11-13-27-15-17-28-16-14-26-12-10-22-8-4-1-5-9-22/h2-3,6-7H,1,4-5,8-17H2. The van der Waals surface area contributed by atoms with Crippen molar-refractivity contribution < 1.29 is 23.8 Å². The zero-order valence-corrected chi connectivity index (χ0v) is 16.4. The number of hydrogen-bond acceptors (Lipinski definition) is 6. The Morgan fingerprint density at radius 3 is 1.75 bits per heavy atom. The van der Waals surface area contributed by atoms with Crippen molar-refractivity contribution in [3.63, 3.8) is 0 Å². The van der Waals surface area contributed by atoms with Gasteiger partial charge in [0.15, 0.2) is 0 Å². The molecule has 7 nitrogen and oxygen atoms in total. The molecule has 2 heterocycles. The van der Waals surface area contributed by atoms with Crippen LogP contribution in [0, 0.1) is 0 Å². The second kappa shape index (κ2) is 11.3. The van der Waals surface area contributed by atoms with Crippen LogP contribution in [0.3, 0.4) is 0 Å². The lowest BCUT2D eigenvalue weighted by Gasteiger charge is -2.26. The van der Waals surface area contributed by atoms with E-state index in [0.717, 1.165) is 13.2 Å². The highest BCUT2D eigenvalue weighted by molar-refractivity contribution is 6.21. The number of hydrogen-bond donors (Lipinski definition) is 0. The maximum absolute atomic E-state index is 12.2. The first-order valence-corrected chi connectivity index (χ1v) is 10.2. The van der Waals surface area contributed by atoms with Gasteiger partial charge in [0, 0.05) is 6.54 Å². The summed E-state index contributed by atoms with van der Waals surface area (Å²) in [6.45, 7) is 6.73. The van der Waals surface area contributed by atoms with Crippen LogP contribution >= 0.6 is 0 Å². The molecule has 0 bridgehead atoms. The van der Waals surface area contributed by atoms with Crippen LogP contribution in [-0.4, -0.2) is 87.4 Å². The van der Waals surface area contributed by atoms with E-state index in [1.54, 1.807) is 24.3 Å². The lowest BCUT2D eigenvalue weighted by atomic mass is 10.1. The Morgan fingerprint density at radius 2 is 1.18 bits per heavy atom. The number of imide groups is 1. The molecule has 0 atom stereocenters. The van der Waals surface area contributed by atoms with Crippen LogP contribution < -0.4 is 0 Å². The molecule has 1 aromatic rings. The Labute approximate surface area is 166 Å². The number of carbonyl (C=O) groups is 2. The monoisotopic (exact) mass is 390 g/mol. The van der Waals surface area contributed by atoms with E-state index in [1.807, 2.05) is 0 Å². The van der Waals surface area contributed by atoms with Crippen molar-refractivity contribution in [1.29, 1.82) is 0 Å². The van der Waals surface area contributed by atoms with E-state index in [4.69, 9.17) is 14.2 Å². The Hall–Kier alpha value is -1.80. The maximum Gasteiger partial charge on any atom is 0.261 e. The fourth-order valence-corrected chi connectivity index (χ4v) is 3.52. The van der Waals surface area contributed by atoms with Gasteiger partial charge >= 0.3 is 0 Å². The summed E-state index contributed by atoms with van der Waals surface area (Å²) in [5.74, 6) is -0.496. The fourth-order valence-electron chi connectivity index (χ4n) is 3.52. The topological polar surface area (TPSA) is 68.3 Å². The van der Waals surface area contributed by atoms with Crippen molar-refractivity contribution in [2.24, 2.45) is 0 Å². The Bertz CT molecular complexity index is 610. The maximum atomic E-state index is 12.2. The van der Waals surface area contributed by atoms with Gasteiger partial charge in [0.25, 0.3) is 11.8 Å². The minimum Gasteiger partial charge on any atom is -0.378 e. The third-order valence-corrected chi connectivity index (χ3v) is 5.08. The summed E-state index contributed by atoms with van der Waals surface area (Å²) >= 11 is 0. The van der Waals surface area contributed by atoms with Crippen LogP contribution in [0.2, 0.25) is 0 Å². The normalized spacial score (nSPS) is 17.4. The lowest BCUT2D eigenvalue weighted by molar-refractivity contribution is 0.00711. The zero-order valence-electron chi connectivity index (χ0n) is 16.4. The van der Waals surface area contributed by atoms with Crippen molar-refractivity contribution in [2.45, 2.75) is 19.3 Å². The van der Waals surface area contributed by atoms with Gasteiger partial charge in [0.05, 0.1) is 57.3 Å². The summed E-state index contributed by atoms with van der Waals surface area (Å²) in [6.07, 6.45) is 3.96. The van der Waals surface area contributed by atoms with Gasteiger partial charge in [-0.1, -0.05) is 18.6 Å². The molecule has 1 fully saturated rings. The van der Waals surface area contributed by atoms with E-state index in [9.17, 15) is 9.59 Å². The third-order valence-electron chi connectivity index (χ3n) is 5.08. The quantitative estimate of drug-likeness (QED) is 0.401. The Kier molecular flexibility index (Phi) is 8.42. The lowest BCUT2D eigenvalue weighted by Crippen LogP contribution is -2.33. The van der Waals surface area contributed by atoms with Gasteiger partial charge < -0.3 is 19.1 Å². The summed E-state index contributed by atoms with van der Waals surface area (Å²) in [6, 6.07) is 6.88. The highest BCUT2D eigenvalue weighted by Crippen LogP contribution is 2.21. The minimum atomic E-state index is -0.248. The first-order valence-electron chi connectivity index (χ1n) is 10.2. The van der Waals surface area contributed by atoms with Gasteiger partial charge in [0.2, 0.25) is 0 Å². The van der Waals surface area contributed by atoms with Crippen LogP contribution in [-0.2, 0) is 14.2 Å². The fraction of sp³-hybridized carbons (Fsp3) is 0.619. The molecule has 0 aromatic heterocycles. The largest absolute Gasteiger partial charge is 0.378 e. The molecule has 0 aliphatic carbocycles. The van der Waals surface area contributed by atoms with Gasteiger partial charge in [-0.2, -0.15) is 0 Å². The van der Waals surface area contributed by atoms with Crippen molar-refractivity contribution in [3.8, 4) is 0 Å². The van der Waals surface area contributed by atoms with Crippen molar-refractivity contribution in [3.05, 3.63) is 35.4 Å². The Morgan fingerprint density at radius 1 is 0.679 bits per heavy atom. The van der Waals surface area contributed by atoms with E-state index < -0.39 is 0 Å². The van der Waals surface area contributed by atoms with Crippen LogP contribution in [0.15, 0.2) is 24.3 Å². The van der Waals surface area contributed by atoms with Crippen LogP contribution in [0.4, 0.5) is 0 Å². The molecule has 28 heavy (non-hydrogen) atoms. The van der Waals surface area contributed by atoms with E-state index in [2.05, 4.69) is 4.90 Å². The average molecular weight is 390 g/mol. The number of carbonyl (C=O) groups excluding carboxylic acids is 2. The number of fused-ring (bicyclic) bond motifs is 1. The molecular weight excluding hydrogens is 360 g/mol. The van der Waals surface area contributed by atoms with Crippen molar-refractivity contribution >= 4 is 11.8 Å². The van der Waals surface area contributed by atoms with Gasteiger partial charge in [-0.05, 0) is 38.1 Å². The molecule has 7 heteroatoms. The molecule has 0 unspecified atom stereocenters. The number of nitrogens with zero attached hydrogens (tertiary/aromatic N) is 2. The number of piperidine rings is 1. The zero-order chi connectivity index (χ0) is 19.6. The molecule has 0 saturated carbocycles. The first-order chi connectivity index (χ1) is 13.8. The number of rotatable bonds is 12. The minimum absolute atomic E-state index is 0.248. The van der Waals surface area contributed by atoms with Gasteiger partial charge in [-0.3, -0.25) is 14.5 Å². The summed E-state index contributed by atoms with van der Waals surface area (Å²) < 4.78 is 16.6. The van der Waals surface area contributed by atoms with E-state index >= 15 is 0 Å². The molecule has 2 amide bonds. The van der Waals surface area contributed by atoms with Gasteiger partial charge in [-0.15, -0.1) is 0 Å². The molecule has 154 valence electrons. The summed E-state index contributed by atoms with van der Waals surface area (Å²) in [7, 11) is 0. The molecule has 3 rings (SSSR count). The SMILES string of the molecule is O=C1c2ccccc2C(=O)N1CCOCCOCCOCCN1CCCCC1. The number of benzene rings is 1. The predicted octanol–water partition coefficient (Wildman–Crippen LogP) is 1.82. The average Bonchev–Trinajstić information content (AvgIpc) is 2.97. The highest BCUT2D eigenvalue weighted by atomic mass is 16.5.